The third-order valence-corrected chi connectivity index (χ3v) is 3.10. The first kappa shape index (κ1) is 14.3. The van der Waals surface area contributed by atoms with Crippen molar-refractivity contribution in [3.8, 4) is 0 Å². The lowest BCUT2D eigenvalue weighted by Gasteiger charge is -2.07. The van der Waals surface area contributed by atoms with Crippen molar-refractivity contribution in [3.63, 3.8) is 0 Å². The summed E-state index contributed by atoms with van der Waals surface area (Å²) >= 11 is 0. The van der Waals surface area contributed by atoms with Gasteiger partial charge in [0.25, 0.3) is 5.91 Å². The second kappa shape index (κ2) is 6.33. The van der Waals surface area contributed by atoms with Crippen LogP contribution in [0.15, 0.2) is 42.5 Å². The monoisotopic (exact) mass is 271 g/mol. The number of carbonyl (C=O) groups excluding carboxylic acids is 1. The average Bonchev–Trinajstić information content (AvgIpc) is 2.40. The van der Waals surface area contributed by atoms with Crippen LogP contribution in [0.5, 0.6) is 0 Å². The molecule has 0 aromatic heterocycles. The molecule has 0 aliphatic heterocycles. The first-order valence-corrected chi connectivity index (χ1v) is 6.65. The van der Waals surface area contributed by atoms with Crippen LogP contribution in [0.3, 0.4) is 0 Å². The molecule has 1 N–H and O–H groups in total. The van der Waals surface area contributed by atoms with Crippen molar-refractivity contribution in [2.75, 3.05) is 6.54 Å². The molecule has 2 aromatic carbocycles. The van der Waals surface area contributed by atoms with E-state index in [1.54, 1.807) is 12.1 Å². The molecule has 0 radical (unpaired) electrons. The van der Waals surface area contributed by atoms with Gasteiger partial charge in [-0.2, -0.15) is 0 Å². The fourth-order valence-electron chi connectivity index (χ4n) is 2.18. The van der Waals surface area contributed by atoms with E-state index in [1.807, 2.05) is 32.0 Å². The molecule has 104 valence electrons. The molecule has 0 unspecified atom stereocenters. The minimum absolute atomic E-state index is 0.0705. The molecule has 0 aliphatic rings. The number of halogens is 1. The van der Waals surface area contributed by atoms with Gasteiger partial charge in [-0.25, -0.2) is 4.39 Å². The van der Waals surface area contributed by atoms with Crippen LogP contribution in [0.4, 0.5) is 4.39 Å². The molecular formula is C17H18FNO. The SMILES string of the molecule is Cc1cc(C)cc(C(=O)NCCc2ccc(F)cc2)c1. The van der Waals surface area contributed by atoms with Gasteiger partial charge in [0.1, 0.15) is 5.82 Å². The lowest BCUT2D eigenvalue weighted by molar-refractivity contribution is 0.0954. The molecule has 0 heterocycles. The molecule has 2 nitrogen and oxygen atoms in total. The zero-order valence-corrected chi connectivity index (χ0v) is 11.7. The van der Waals surface area contributed by atoms with E-state index in [-0.39, 0.29) is 11.7 Å². The molecule has 0 fully saturated rings. The van der Waals surface area contributed by atoms with Gasteiger partial charge in [-0.1, -0.05) is 29.3 Å². The number of amides is 1. The number of nitrogens with one attached hydrogen (secondary N) is 1. The van der Waals surface area contributed by atoms with Crippen molar-refractivity contribution in [1.29, 1.82) is 0 Å². The third kappa shape index (κ3) is 3.92. The predicted octanol–water partition coefficient (Wildman–Crippen LogP) is 3.42. The van der Waals surface area contributed by atoms with Crippen LogP contribution in [-0.4, -0.2) is 12.5 Å². The van der Waals surface area contributed by atoms with Gasteiger partial charge >= 0.3 is 0 Å². The normalized spacial score (nSPS) is 10.3. The van der Waals surface area contributed by atoms with Crippen molar-refractivity contribution in [3.05, 3.63) is 70.5 Å². The van der Waals surface area contributed by atoms with Crippen molar-refractivity contribution < 1.29 is 9.18 Å². The van der Waals surface area contributed by atoms with Gasteiger partial charge in [0, 0.05) is 12.1 Å². The predicted molar refractivity (Wildman–Crippen MR) is 78.4 cm³/mol. The third-order valence-electron chi connectivity index (χ3n) is 3.10. The lowest BCUT2D eigenvalue weighted by atomic mass is 10.1. The van der Waals surface area contributed by atoms with Gasteiger partial charge in [-0.05, 0) is 50.1 Å². The van der Waals surface area contributed by atoms with Crippen LogP contribution < -0.4 is 5.32 Å². The van der Waals surface area contributed by atoms with Crippen LogP contribution >= 0.6 is 0 Å². The maximum Gasteiger partial charge on any atom is 0.251 e. The summed E-state index contributed by atoms with van der Waals surface area (Å²) in [6.07, 6.45) is 0.691. The Bertz CT molecular complexity index is 585. The highest BCUT2D eigenvalue weighted by Gasteiger charge is 2.06. The highest BCUT2D eigenvalue weighted by molar-refractivity contribution is 5.94. The van der Waals surface area contributed by atoms with Crippen LogP contribution in [0.2, 0.25) is 0 Å². The zero-order chi connectivity index (χ0) is 14.5. The Morgan fingerprint density at radius 2 is 1.65 bits per heavy atom. The van der Waals surface area contributed by atoms with Gasteiger partial charge in [0.15, 0.2) is 0 Å². The van der Waals surface area contributed by atoms with E-state index in [0.717, 1.165) is 16.7 Å². The van der Waals surface area contributed by atoms with Gasteiger partial charge in [0.05, 0.1) is 0 Å². The Kier molecular flexibility index (Phi) is 4.51. The Morgan fingerprint density at radius 3 is 2.25 bits per heavy atom. The quantitative estimate of drug-likeness (QED) is 0.907. The summed E-state index contributed by atoms with van der Waals surface area (Å²) in [7, 11) is 0. The summed E-state index contributed by atoms with van der Waals surface area (Å²) < 4.78 is 12.8. The smallest absolute Gasteiger partial charge is 0.251 e. The molecule has 0 atom stereocenters. The van der Waals surface area contributed by atoms with Crippen molar-refractivity contribution in [2.45, 2.75) is 20.3 Å². The number of hydrogen-bond donors (Lipinski definition) is 1. The minimum Gasteiger partial charge on any atom is -0.352 e. The van der Waals surface area contributed by atoms with Crippen LogP contribution in [0, 0.1) is 19.7 Å². The molecule has 0 spiro atoms. The summed E-state index contributed by atoms with van der Waals surface area (Å²) in [6.45, 7) is 4.49. The number of carbonyl (C=O) groups is 1. The van der Waals surface area contributed by atoms with Crippen LogP contribution in [-0.2, 0) is 6.42 Å². The topological polar surface area (TPSA) is 29.1 Å². The maximum absolute atomic E-state index is 12.8. The number of benzene rings is 2. The molecule has 20 heavy (non-hydrogen) atoms. The summed E-state index contributed by atoms with van der Waals surface area (Å²) in [5.74, 6) is -0.313. The van der Waals surface area contributed by atoms with Gasteiger partial charge in [-0.3, -0.25) is 4.79 Å². The Morgan fingerprint density at radius 1 is 1.05 bits per heavy atom. The fourth-order valence-corrected chi connectivity index (χ4v) is 2.18. The fraction of sp³-hybridized carbons (Fsp3) is 0.235. The maximum atomic E-state index is 12.8. The standard InChI is InChI=1S/C17H18FNO/c1-12-9-13(2)11-15(10-12)17(20)19-8-7-14-3-5-16(18)6-4-14/h3-6,9-11H,7-8H2,1-2H3,(H,19,20). The van der Waals surface area contributed by atoms with Crippen molar-refractivity contribution >= 4 is 5.91 Å². The van der Waals surface area contributed by atoms with E-state index in [9.17, 15) is 9.18 Å². The molecule has 2 rings (SSSR count). The first-order valence-electron chi connectivity index (χ1n) is 6.65. The molecule has 0 bridgehead atoms. The van der Waals surface area contributed by atoms with Gasteiger partial charge < -0.3 is 5.32 Å². The Balaban J connectivity index is 1.90. The van der Waals surface area contributed by atoms with Gasteiger partial charge in [0.2, 0.25) is 0 Å². The van der Waals surface area contributed by atoms with E-state index in [1.165, 1.54) is 12.1 Å². The number of hydrogen-bond acceptors (Lipinski definition) is 1. The van der Waals surface area contributed by atoms with Crippen molar-refractivity contribution in [2.24, 2.45) is 0 Å². The molecule has 2 aromatic rings. The van der Waals surface area contributed by atoms with E-state index in [0.29, 0.717) is 18.5 Å². The Labute approximate surface area is 118 Å². The minimum atomic E-state index is -0.243. The first-order chi connectivity index (χ1) is 9.54. The molecule has 1 amide bonds. The Hall–Kier alpha value is -2.16. The molecular weight excluding hydrogens is 253 g/mol. The highest BCUT2D eigenvalue weighted by Crippen LogP contribution is 2.09. The lowest BCUT2D eigenvalue weighted by Crippen LogP contribution is -2.25. The van der Waals surface area contributed by atoms with Crippen LogP contribution in [0.1, 0.15) is 27.0 Å². The summed E-state index contributed by atoms with van der Waals surface area (Å²) in [4.78, 5) is 12.0. The molecule has 0 aliphatic carbocycles. The van der Waals surface area contributed by atoms with Crippen LogP contribution in [0.25, 0.3) is 0 Å². The largest absolute Gasteiger partial charge is 0.352 e. The molecule has 0 saturated carbocycles. The summed E-state index contributed by atoms with van der Waals surface area (Å²) in [5, 5.41) is 2.88. The van der Waals surface area contributed by atoms with Crippen molar-refractivity contribution in [1.82, 2.24) is 5.32 Å². The zero-order valence-electron chi connectivity index (χ0n) is 11.7. The van der Waals surface area contributed by atoms with E-state index < -0.39 is 0 Å². The second-order valence-electron chi connectivity index (χ2n) is 5.01. The van der Waals surface area contributed by atoms with E-state index >= 15 is 0 Å². The van der Waals surface area contributed by atoms with E-state index in [2.05, 4.69) is 5.32 Å². The summed E-state index contributed by atoms with van der Waals surface area (Å²) in [5.41, 5.74) is 3.84. The molecule has 0 saturated heterocycles. The number of rotatable bonds is 4. The van der Waals surface area contributed by atoms with E-state index in [4.69, 9.17) is 0 Å². The molecule has 3 heteroatoms. The second-order valence-corrected chi connectivity index (χ2v) is 5.01. The number of aryl methyl sites for hydroxylation is 2. The van der Waals surface area contributed by atoms with Gasteiger partial charge in [-0.15, -0.1) is 0 Å². The summed E-state index contributed by atoms with van der Waals surface area (Å²) in [6, 6.07) is 12.1. The average molecular weight is 271 g/mol. The highest BCUT2D eigenvalue weighted by atomic mass is 19.1.